The van der Waals surface area contributed by atoms with E-state index in [4.69, 9.17) is 14.6 Å². The van der Waals surface area contributed by atoms with Gasteiger partial charge >= 0.3 is 11.8 Å². The first-order chi connectivity index (χ1) is 14.4. The summed E-state index contributed by atoms with van der Waals surface area (Å²) in [5.41, 5.74) is 10.5. The molecule has 4 rings (SSSR count). The number of aromatic nitrogens is 2. The molecule has 32 heavy (non-hydrogen) atoms. The molecular formula is C22H27Cl2N3O5. The second kappa shape index (κ2) is 10.8. The number of aryl methyl sites for hydroxylation is 2. The van der Waals surface area contributed by atoms with Crippen LogP contribution in [-0.4, -0.2) is 26.7 Å². The van der Waals surface area contributed by atoms with Crippen LogP contribution in [0.2, 0.25) is 0 Å². The predicted molar refractivity (Wildman–Crippen MR) is 123 cm³/mol. The van der Waals surface area contributed by atoms with Gasteiger partial charge in [-0.25, -0.2) is 9.78 Å². The Kier molecular flexibility index (Phi) is 8.72. The number of hydrogen-bond donors (Lipinski definition) is 2. The second-order valence-electron chi connectivity index (χ2n) is 7.85. The van der Waals surface area contributed by atoms with Gasteiger partial charge in [0, 0.05) is 30.3 Å². The molecule has 2 aromatic heterocycles. The number of carbonyl (C=O) groups is 1. The summed E-state index contributed by atoms with van der Waals surface area (Å²) in [5, 5.41) is 9.73. The molecule has 0 aliphatic carbocycles. The number of carboxylic acid groups (broad SMARTS) is 1. The molecule has 3 aromatic rings. The Labute approximate surface area is 197 Å². The molecule has 0 spiro atoms. The summed E-state index contributed by atoms with van der Waals surface area (Å²) in [7, 11) is 0. The predicted octanol–water partition coefficient (Wildman–Crippen LogP) is 3.26. The fourth-order valence-electron chi connectivity index (χ4n) is 4.13. The van der Waals surface area contributed by atoms with Crippen molar-refractivity contribution in [2.45, 2.75) is 51.5 Å². The number of benzene rings is 1. The number of fused-ring (bicyclic) bond motifs is 3. The normalized spacial score (nSPS) is 13.8. The van der Waals surface area contributed by atoms with Gasteiger partial charge in [-0.3, -0.25) is 4.79 Å². The fraction of sp³-hybridized carbons (Fsp3) is 0.409. The quantitative estimate of drug-likeness (QED) is 0.503. The van der Waals surface area contributed by atoms with Crippen LogP contribution in [0.15, 0.2) is 44.2 Å². The van der Waals surface area contributed by atoms with Crippen LogP contribution in [0.25, 0.3) is 5.69 Å². The standard InChI is InChI=1S/C22H25N3O5.2ClH/c1-13-20(30-22(28)29-13)11-16(23)8-6-15(21(26)27)10-17-19-9-7-14-4-2-3-5-18(14)25(19)12-24-17;;/h2-5,12,15-16H,6-11,23H2,1H3,(H,26,27);2*1H/t15-,16?;;/m0../s1. The Morgan fingerprint density at radius 3 is 2.62 bits per heavy atom. The minimum atomic E-state index is -0.855. The van der Waals surface area contributed by atoms with Gasteiger partial charge in [-0.1, -0.05) is 18.2 Å². The lowest BCUT2D eigenvalue weighted by Crippen LogP contribution is -2.26. The monoisotopic (exact) mass is 483 g/mol. The van der Waals surface area contributed by atoms with Crippen molar-refractivity contribution in [3.63, 3.8) is 0 Å². The maximum absolute atomic E-state index is 11.9. The third-order valence-electron chi connectivity index (χ3n) is 5.79. The maximum atomic E-state index is 11.9. The number of nitrogens with two attached hydrogens (primary N) is 1. The Morgan fingerprint density at radius 1 is 1.19 bits per heavy atom. The molecule has 174 valence electrons. The lowest BCUT2D eigenvalue weighted by Gasteiger charge is -2.20. The zero-order chi connectivity index (χ0) is 21.3. The van der Waals surface area contributed by atoms with Crippen molar-refractivity contribution in [2.24, 2.45) is 11.7 Å². The van der Waals surface area contributed by atoms with Crippen LogP contribution in [0.3, 0.4) is 0 Å². The topological polar surface area (TPSA) is 124 Å². The van der Waals surface area contributed by atoms with Crippen molar-refractivity contribution in [2.75, 3.05) is 0 Å². The number of rotatable bonds is 8. The molecular weight excluding hydrogens is 457 g/mol. The fourth-order valence-corrected chi connectivity index (χ4v) is 4.13. The zero-order valence-electron chi connectivity index (χ0n) is 17.7. The first-order valence-electron chi connectivity index (χ1n) is 10.1. The zero-order valence-corrected chi connectivity index (χ0v) is 19.3. The molecule has 0 fully saturated rings. The van der Waals surface area contributed by atoms with E-state index in [-0.39, 0.29) is 30.9 Å². The Balaban J connectivity index is 0.00000181. The van der Waals surface area contributed by atoms with E-state index < -0.39 is 17.7 Å². The molecule has 0 saturated carbocycles. The number of carboxylic acids is 1. The van der Waals surface area contributed by atoms with E-state index >= 15 is 0 Å². The van der Waals surface area contributed by atoms with Gasteiger partial charge in [0.15, 0.2) is 5.76 Å². The van der Waals surface area contributed by atoms with Crippen LogP contribution in [0.4, 0.5) is 0 Å². The van der Waals surface area contributed by atoms with Gasteiger partial charge in [-0.15, -0.1) is 24.8 Å². The van der Waals surface area contributed by atoms with E-state index in [0.717, 1.165) is 29.9 Å². The third-order valence-corrected chi connectivity index (χ3v) is 5.79. The lowest BCUT2D eigenvalue weighted by molar-refractivity contribution is -0.142. The van der Waals surface area contributed by atoms with Gasteiger partial charge in [0.05, 0.1) is 17.9 Å². The Bertz CT molecular complexity index is 1120. The van der Waals surface area contributed by atoms with Crippen LogP contribution in [0.5, 0.6) is 0 Å². The molecule has 3 heterocycles. The van der Waals surface area contributed by atoms with Crippen molar-refractivity contribution in [3.8, 4) is 5.69 Å². The van der Waals surface area contributed by atoms with Crippen LogP contribution >= 0.6 is 24.8 Å². The van der Waals surface area contributed by atoms with Crippen molar-refractivity contribution in [3.05, 3.63) is 69.7 Å². The second-order valence-corrected chi connectivity index (χ2v) is 7.85. The highest BCUT2D eigenvalue weighted by Crippen LogP contribution is 2.28. The van der Waals surface area contributed by atoms with Gasteiger partial charge in [-0.2, -0.15) is 0 Å². The Morgan fingerprint density at radius 2 is 1.94 bits per heavy atom. The summed E-state index contributed by atoms with van der Waals surface area (Å²) in [4.78, 5) is 27.6. The summed E-state index contributed by atoms with van der Waals surface area (Å²) in [6.07, 6.45) is 5.17. The lowest BCUT2D eigenvalue weighted by atomic mass is 9.92. The number of para-hydroxylation sites is 1. The Hall–Kier alpha value is -2.55. The van der Waals surface area contributed by atoms with E-state index in [1.54, 1.807) is 13.3 Å². The molecule has 10 heteroatoms. The summed E-state index contributed by atoms with van der Waals surface area (Å²) >= 11 is 0. The SMILES string of the molecule is Cc1oc(=O)oc1CC(N)CC[C@@H](Cc1ncn2c1CCc1ccccc1-2)C(=O)O.Cl.Cl. The highest BCUT2D eigenvalue weighted by Gasteiger charge is 2.25. The molecule has 3 N–H and O–H groups in total. The van der Waals surface area contributed by atoms with Crippen molar-refractivity contribution in [1.29, 1.82) is 0 Å². The first kappa shape index (κ1) is 25.7. The van der Waals surface area contributed by atoms with E-state index in [0.29, 0.717) is 37.2 Å². The van der Waals surface area contributed by atoms with E-state index in [1.807, 2.05) is 12.1 Å². The number of imidazole rings is 1. The van der Waals surface area contributed by atoms with Crippen LogP contribution in [0.1, 0.15) is 41.3 Å². The molecule has 1 unspecified atom stereocenters. The molecule has 8 nitrogen and oxygen atoms in total. The molecule has 0 bridgehead atoms. The van der Waals surface area contributed by atoms with Gasteiger partial charge in [-0.05, 0) is 44.2 Å². The third kappa shape index (κ3) is 5.43. The highest BCUT2D eigenvalue weighted by atomic mass is 35.5. The molecule has 1 aromatic carbocycles. The van der Waals surface area contributed by atoms with E-state index in [1.165, 1.54) is 5.56 Å². The number of nitrogens with zero attached hydrogens (tertiary/aromatic N) is 2. The molecule has 2 atom stereocenters. The van der Waals surface area contributed by atoms with Crippen molar-refractivity contribution in [1.82, 2.24) is 9.55 Å². The highest BCUT2D eigenvalue weighted by molar-refractivity contribution is 5.85. The van der Waals surface area contributed by atoms with Gasteiger partial charge in [0.1, 0.15) is 5.76 Å². The van der Waals surface area contributed by atoms with E-state index in [2.05, 4.69) is 21.7 Å². The van der Waals surface area contributed by atoms with Gasteiger partial charge < -0.3 is 24.2 Å². The van der Waals surface area contributed by atoms with Gasteiger partial charge in [0.25, 0.3) is 0 Å². The molecule has 0 saturated heterocycles. The van der Waals surface area contributed by atoms with Crippen LogP contribution in [-0.2, 0) is 30.5 Å². The molecule has 1 aliphatic rings. The molecule has 1 aliphatic heterocycles. The maximum Gasteiger partial charge on any atom is 0.519 e. The number of hydrogen-bond acceptors (Lipinski definition) is 6. The summed E-state index contributed by atoms with van der Waals surface area (Å²) in [6, 6.07) is 7.88. The summed E-state index contributed by atoms with van der Waals surface area (Å²) in [6.45, 7) is 1.65. The number of halogens is 2. The van der Waals surface area contributed by atoms with Crippen molar-refractivity contribution < 1.29 is 18.7 Å². The first-order valence-corrected chi connectivity index (χ1v) is 10.1. The largest absolute Gasteiger partial charge is 0.519 e. The van der Waals surface area contributed by atoms with Crippen LogP contribution < -0.4 is 11.6 Å². The average molecular weight is 484 g/mol. The van der Waals surface area contributed by atoms with Crippen molar-refractivity contribution >= 4 is 30.8 Å². The minimum absolute atomic E-state index is 0. The molecule has 0 amide bonds. The smallest absolute Gasteiger partial charge is 0.481 e. The minimum Gasteiger partial charge on any atom is -0.481 e. The number of aliphatic carboxylic acids is 1. The summed E-state index contributed by atoms with van der Waals surface area (Å²) < 4.78 is 11.9. The molecule has 0 radical (unpaired) electrons. The summed E-state index contributed by atoms with van der Waals surface area (Å²) in [5.74, 6) is -1.35. The van der Waals surface area contributed by atoms with Crippen LogP contribution in [0, 0.1) is 12.8 Å². The van der Waals surface area contributed by atoms with E-state index in [9.17, 15) is 14.7 Å². The van der Waals surface area contributed by atoms with Gasteiger partial charge in [0.2, 0.25) is 0 Å². The average Bonchev–Trinajstić information content (AvgIpc) is 3.27.